The molecule has 3 nitrogen and oxygen atoms in total. The maximum Gasteiger partial charge on any atom is 0.151 e. The van der Waals surface area contributed by atoms with E-state index in [4.69, 9.17) is 16.9 Å². The molecule has 19 heavy (non-hydrogen) atoms. The fraction of sp³-hybridized carbons (Fsp3) is 0.0667. The van der Waals surface area contributed by atoms with Crippen molar-refractivity contribution in [3.8, 4) is 6.07 Å². The van der Waals surface area contributed by atoms with Crippen molar-refractivity contribution in [2.75, 3.05) is 11.9 Å². The largest absolute Gasteiger partial charge is 0.344 e. The summed E-state index contributed by atoms with van der Waals surface area (Å²) in [7, 11) is 1.85. The van der Waals surface area contributed by atoms with E-state index in [0.29, 0.717) is 16.1 Å². The summed E-state index contributed by atoms with van der Waals surface area (Å²) in [6, 6.07) is 14.6. The molecule has 4 heteroatoms. The second-order valence-corrected chi connectivity index (χ2v) is 4.42. The van der Waals surface area contributed by atoms with E-state index in [-0.39, 0.29) is 0 Å². The van der Waals surface area contributed by atoms with Gasteiger partial charge in [0.15, 0.2) is 6.29 Å². The molecule has 0 amide bonds. The van der Waals surface area contributed by atoms with Gasteiger partial charge >= 0.3 is 0 Å². The minimum absolute atomic E-state index is 0.397. The van der Waals surface area contributed by atoms with Gasteiger partial charge in [0.1, 0.15) is 6.07 Å². The number of hydrogen-bond donors (Lipinski definition) is 0. The van der Waals surface area contributed by atoms with Gasteiger partial charge in [0, 0.05) is 18.3 Å². The molecule has 0 aliphatic rings. The zero-order valence-corrected chi connectivity index (χ0v) is 11.1. The van der Waals surface area contributed by atoms with Crippen LogP contribution in [0, 0.1) is 11.3 Å². The van der Waals surface area contributed by atoms with Crippen LogP contribution in [0.1, 0.15) is 15.9 Å². The molecule has 0 aliphatic carbocycles. The van der Waals surface area contributed by atoms with Crippen LogP contribution in [-0.2, 0) is 0 Å². The van der Waals surface area contributed by atoms with Crippen LogP contribution in [0.25, 0.3) is 0 Å². The van der Waals surface area contributed by atoms with Gasteiger partial charge in [-0.1, -0.05) is 23.7 Å². The van der Waals surface area contributed by atoms with Crippen LogP contribution in [0.3, 0.4) is 0 Å². The highest BCUT2D eigenvalue weighted by Crippen LogP contribution is 2.29. The summed E-state index contributed by atoms with van der Waals surface area (Å²) in [5.41, 5.74) is 2.64. The third-order valence-corrected chi connectivity index (χ3v) is 3.21. The Morgan fingerprint density at radius 2 is 2.00 bits per heavy atom. The number of halogens is 1. The van der Waals surface area contributed by atoms with Crippen LogP contribution < -0.4 is 4.90 Å². The first-order valence-corrected chi connectivity index (χ1v) is 6.02. The smallest absolute Gasteiger partial charge is 0.151 e. The Hall–Kier alpha value is -2.31. The molecular weight excluding hydrogens is 260 g/mol. The molecule has 0 aliphatic heterocycles. The third-order valence-electron chi connectivity index (χ3n) is 2.88. The maximum atomic E-state index is 10.7. The molecule has 0 heterocycles. The number of nitriles is 1. The quantitative estimate of drug-likeness (QED) is 0.797. The molecule has 0 saturated carbocycles. The zero-order valence-electron chi connectivity index (χ0n) is 10.3. The minimum Gasteiger partial charge on any atom is -0.344 e. The average Bonchev–Trinajstić information content (AvgIpc) is 2.46. The van der Waals surface area contributed by atoms with Gasteiger partial charge in [0.05, 0.1) is 16.3 Å². The topological polar surface area (TPSA) is 44.1 Å². The number of aldehydes is 1. The van der Waals surface area contributed by atoms with Gasteiger partial charge < -0.3 is 4.90 Å². The summed E-state index contributed by atoms with van der Waals surface area (Å²) >= 11 is 6.01. The normalized spacial score (nSPS) is 9.74. The first-order chi connectivity index (χ1) is 9.17. The second-order valence-electron chi connectivity index (χ2n) is 4.01. The van der Waals surface area contributed by atoms with E-state index in [1.807, 2.05) is 30.1 Å². The number of nitrogens with zero attached hydrogens (tertiary/aromatic N) is 2. The summed E-state index contributed by atoms with van der Waals surface area (Å²) in [6.45, 7) is 0. The fourth-order valence-corrected chi connectivity index (χ4v) is 2.04. The lowest BCUT2D eigenvalue weighted by molar-refractivity contribution is 0.112. The molecule has 0 aromatic heterocycles. The molecule has 0 atom stereocenters. The molecule has 0 N–H and O–H groups in total. The SMILES string of the molecule is CN(c1ccc(C=O)c(Cl)c1)c1ccccc1C#N. The number of anilines is 2. The van der Waals surface area contributed by atoms with Crippen LogP contribution in [0.4, 0.5) is 11.4 Å². The Labute approximate surface area is 116 Å². The van der Waals surface area contributed by atoms with Crippen molar-refractivity contribution in [1.29, 1.82) is 5.26 Å². The van der Waals surface area contributed by atoms with Crippen LogP contribution in [0.5, 0.6) is 0 Å². The molecule has 2 aromatic rings. The van der Waals surface area contributed by atoms with E-state index in [2.05, 4.69) is 6.07 Å². The second kappa shape index (κ2) is 5.55. The molecule has 2 aromatic carbocycles. The van der Waals surface area contributed by atoms with Crippen molar-refractivity contribution in [2.45, 2.75) is 0 Å². The van der Waals surface area contributed by atoms with Gasteiger partial charge in [-0.3, -0.25) is 4.79 Å². The van der Waals surface area contributed by atoms with Crippen molar-refractivity contribution in [3.05, 3.63) is 58.6 Å². The summed E-state index contributed by atoms with van der Waals surface area (Å²) in [5, 5.41) is 9.50. The monoisotopic (exact) mass is 270 g/mol. The maximum absolute atomic E-state index is 10.7. The van der Waals surface area contributed by atoms with Crippen LogP contribution in [0.2, 0.25) is 5.02 Å². The Balaban J connectivity index is 2.44. The molecular formula is C15H11ClN2O. The van der Waals surface area contributed by atoms with Crippen molar-refractivity contribution >= 4 is 29.3 Å². The summed E-state index contributed by atoms with van der Waals surface area (Å²) < 4.78 is 0. The van der Waals surface area contributed by atoms with Crippen molar-refractivity contribution in [2.24, 2.45) is 0 Å². The van der Waals surface area contributed by atoms with E-state index in [0.717, 1.165) is 17.7 Å². The number of carbonyl (C=O) groups excluding carboxylic acids is 1. The number of carbonyl (C=O) groups is 1. The lowest BCUT2D eigenvalue weighted by Gasteiger charge is -2.21. The lowest BCUT2D eigenvalue weighted by atomic mass is 10.1. The highest BCUT2D eigenvalue weighted by Gasteiger charge is 2.10. The Morgan fingerprint density at radius 1 is 1.26 bits per heavy atom. The fourth-order valence-electron chi connectivity index (χ4n) is 1.82. The molecule has 0 fully saturated rings. The van der Waals surface area contributed by atoms with Crippen LogP contribution >= 0.6 is 11.6 Å². The summed E-state index contributed by atoms with van der Waals surface area (Å²) in [6.07, 6.45) is 0.718. The molecule has 2 rings (SSSR count). The van der Waals surface area contributed by atoms with Gasteiger partial charge in [-0.05, 0) is 30.3 Å². The lowest BCUT2D eigenvalue weighted by Crippen LogP contribution is -2.11. The van der Waals surface area contributed by atoms with E-state index in [1.165, 1.54) is 0 Å². The Kier molecular flexibility index (Phi) is 3.84. The molecule has 0 radical (unpaired) electrons. The number of para-hydroxylation sites is 1. The van der Waals surface area contributed by atoms with Gasteiger partial charge in [-0.25, -0.2) is 0 Å². The first-order valence-electron chi connectivity index (χ1n) is 5.65. The molecule has 94 valence electrons. The number of hydrogen-bond acceptors (Lipinski definition) is 3. The molecule has 0 bridgehead atoms. The standard InChI is InChI=1S/C15H11ClN2O/c1-18(15-5-3-2-4-11(15)9-17)13-7-6-12(10-19)14(16)8-13/h2-8,10H,1H3. The van der Waals surface area contributed by atoms with Crippen molar-refractivity contribution < 1.29 is 4.79 Å². The number of benzene rings is 2. The number of rotatable bonds is 3. The van der Waals surface area contributed by atoms with Crippen LogP contribution in [0.15, 0.2) is 42.5 Å². The predicted octanol–water partition coefficient (Wildman–Crippen LogP) is 3.79. The van der Waals surface area contributed by atoms with E-state index in [9.17, 15) is 4.79 Å². The zero-order chi connectivity index (χ0) is 13.8. The third kappa shape index (κ3) is 2.59. The van der Waals surface area contributed by atoms with E-state index in [1.54, 1.807) is 24.3 Å². The van der Waals surface area contributed by atoms with Crippen molar-refractivity contribution in [1.82, 2.24) is 0 Å². The first kappa shape index (κ1) is 13.1. The molecule has 0 saturated heterocycles. The van der Waals surface area contributed by atoms with Gasteiger partial charge in [-0.2, -0.15) is 5.26 Å². The van der Waals surface area contributed by atoms with E-state index < -0.39 is 0 Å². The highest BCUT2D eigenvalue weighted by molar-refractivity contribution is 6.33. The highest BCUT2D eigenvalue weighted by atomic mass is 35.5. The van der Waals surface area contributed by atoms with Gasteiger partial charge in [0.2, 0.25) is 0 Å². The van der Waals surface area contributed by atoms with Gasteiger partial charge in [-0.15, -0.1) is 0 Å². The molecule has 0 unspecified atom stereocenters. The summed E-state index contributed by atoms with van der Waals surface area (Å²) in [4.78, 5) is 12.6. The van der Waals surface area contributed by atoms with Crippen molar-refractivity contribution in [3.63, 3.8) is 0 Å². The minimum atomic E-state index is 0.397. The molecule has 0 spiro atoms. The summed E-state index contributed by atoms with van der Waals surface area (Å²) in [5.74, 6) is 0. The Morgan fingerprint density at radius 3 is 2.63 bits per heavy atom. The van der Waals surface area contributed by atoms with E-state index >= 15 is 0 Å². The average molecular weight is 271 g/mol. The predicted molar refractivity (Wildman–Crippen MR) is 76.1 cm³/mol. The van der Waals surface area contributed by atoms with Gasteiger partial charge in [0.25, 0.3) is 0 Å². The van der Waals surface area contributed by atoms with Crippen LogP contribution in [-0.4, -0.2) is 13.3 Å². The Bertz CT molecular complexity index is 661.